The van der Waals surface area contributed by atoms with E-state index in [1.54, 1.807) is 19.9 Å². The largest absolute Gasteiger partial charge is 0.461 e. The Morgan fingerprint density at radius 2 is 2.08 bits per heavy atom. The molecule has 0 saturated heterocycles. The van der Waals surface area contributed by atoms with Crippen LogP contribution >= 0.6 is 0 Å². The molecule has 0 radical (unpaired) electrons. The van der Waals surface area contributed by atoms with Crippen molar-refractivity contribution in [2.75, 3.05) is 14.1 Å². The molecular formula is C17H19FN4O3. The topological polar surface area (TPSA) is 84.4 Å². The molecule has 0 aliphatic heterocycles. The van der Waals surface area contributed by atoms with Crippen molar-refractivity contribution in [3.05, 3.63) is 47.6 Å². The average Bonchev–Trinajstić information content (AvgIpc) is 3.16. The highest BCUT2D eigenvalue weighted by Gasteiger charge is 2.30. The molecule has 0 aliphatic carbocycles. The molecule has 2 heterocycles. The van der Waals surface area contributed by atoms with Gasteiger partial charge in [-0.2, -0.15) is 4.98 Å². The molecule has 132 valence electrons. The quantitative estimate of drug-likeness (QED) is 0.765. The van der Waals surface area contributed by atoms with Crippen molar-refractivity contribution in [1.82, 2.24) is 20.4 Å². The van der Waals surface area contributed by atoms with Crippen molar-refractivity contribution in [2.24, 2.45) is 0 Å². The Kier molecular flexibility index (Phi) is 4.30. The minimum Gasteiger partial charge on any atom is -0.461 e. The number of nitrogens with zero attached hydrogens (tertiary/aromatic N) is 3. The van der Waals surface area contributed by atoms with Crippen molar-refractivity contribution in [2.45, 2.75) is 25.9 Å². The van der Waals surface area contributed by atoms with Crippen LogP contribution in [0.15, 0.2) is 33.4 Å². The summed E-state index contributed by atoms with van der Waals surface area (Å²) in [7, 11) is 3.78. The molecule has 3 aromatic rings. The highest BCUT2D eigenvalue weighted by Crippen LogP contribution is 2.25. The molecule has 0 saturated carbocycles. The second-order valence-corrected chi connectivity index (χ2v) is 6.59. The van der Waals surface area contributed by atoms with Gasteiger partial charge < -0.3 is 19.2 Å². The van der Waals surface area contributed by atoms with Gasteiger partial charge in [-0.1, -0.05) is 5.16 Å². The number of aromatic nitrogens is 2. The molecule has 0 spiro atoms. The molecule has 1 N–H and O–H groups in total. The third-order valence-electron chi connectivity index (χ3n) is 3.72. The number of furan rings is 1. The van der Waals surface area contributed by atoms with Crippen molar-refractivity contribution in [1.29, 1.82) is 0 Å². The van der Waals surface area contributed by atoms with Gasteiger partial charge in [-0.05, 0) is 46.1 Å². The van der Waals surface area contributed by atoms with Crippen LogP contribution in [-0.4, -0.2) is 35.0 Å². The fourth-order valence-electron chi connectivity index (χ4n) is 2.48. The van der Waals surface area contributed by atoms with Gasteiger partial charge in [0.2, 0.25) is 5.89 Å². The van der Waals surface area contributed by atoms with Gasteiger partial charge in [-0.25, -0.2) is 4.39 Å². The zero-order valence-corrected chi connectivity index (χ0v) is 14.5. The molecule has 25 heavy (non-hydrogen) atoms. The van der Waals surface area contributed by atoms with E-state index >= 15 is 0 Å². The van der Waals surface area contributed by atoms with E-state index in [1.165, 1.54) is 18.4 Å². The predicted octanol–water partition coefficient (Wildman–Crippen LogP) is 2.68. The maximum absolute atomic E-state index is 13.7. The monoisotopic (exact) mass is 346 g/mol. The van der Waals surface area contributed by atoms with Gasteiger partial charge in [0.1, 0.15) is 0 Å². The lowest BCUT2D eigenvalue weighted by Gasteiger charge is -2.22. The van der Waals surface area contributed by atoms with Crippen LogP contribution in [0.5, 0.6) is 0 Å². The Morgan fingerprint density at radius 1 is 1.32 bits per heavy atom. The summed E-state index contributed by atoms with van der Waals surface area (Å²) in [5, 5.41) is 7.22. The van der Waals surface area contributed by atoms with Crippen LogP contribution in [0.3, 0.4) is 0 Å². The molecule has 2 aromatic heterocycles. The number of halogens is 1. The number of hydrogen-bond donors (Lipinski definition) is 1. The van der Waals surface area contributed by atoms with Gasteiger partial charge in [0, 0.05) is 5.39 Å². The minimum absolute atomic E-state index is 0.0540. The summed E-state index contributed by atoms with van der Waals surface area (Å²) >= 11 is 0. The highest BCUT2D eigenvalue weighted by molar-refractivity contribution is 6.06. The van der Waals surface area contributed by atoms with E-state index in [0.29, 0.717) is 29.2 Å². The molecule has 1 amide bonds. The first kappa shape index (κ1) is 17.1. The van der Waals surface area contributed by atoms with E-state index in [1.807, 2.05) is 19.0 Å². The third kappa shape index (κ3) is 3.39. The maximum atomic E-state index is 13.7. The lowest BCUT2D eigenvalue weighted by atomic mass is 10.0. The predicted molar refractivity (Wildman–Crippen MR) is 88.4 cm³/mol. The number of carbonyl (C=O) groups is 1. The lowest BCUT2D eigenvalue weighted by molar-refractivity contribution is 0.0909. The second kappa shape index (κ2) is 6.29. The van der Waals surface area contributed by atoms with E-state index in [4.69, 9.17) is 8.94 Å². The van der Waals surface area contributed by atoms with Crippen LogP contribution in [0.2, 0.25) is 0 Å². The van der Waals surface area contributed by atoms with Gasteiger partial charge in [-0.3, -0.25) is 4.79 Å². The average molecular weight is 346 g/mol. The molecule has 0 bridgehead atoms. The van der Waals surface area contributed by atoms with Gasteiger partial charge in [-0.15, -0.1) is 0 Å². The molecule has 0 atom stereocenters. The summed E-state index contributed by atoms with van der Waals surface area (Å²) in [6, 6.07) is 4.19. The van der Waals surface area contributed by atoms with Crippen molar-refractivity contribution >= 4 is 16.9 Å². The van der Waals surface area contributed by atoms with E-state index in [-0.39, 0.29) is 11.5 Å². The van der Waals surface area contributed by atoms with E-state index < -0.39 is 11.4 Å². The number of hydrogen-bond acceptors (Lipinski definition) is 6. The van der Waals surface area contributed by atoms with Crippen LogP contribution in [0, 0.1) is 5.82 Å². The molecular weight excluding hydrogens is 327 g/mol. The molecule has 8 heteroatoms. The summed E-state index contributed by atoms with van der Waals surface area (Å²) < 4.78 is 24.0. The third-order valence-corrected chi connectivity index (χ3v) is 3.72. The summed E-state index contributed by atoms with van der Waals surface area (Å²) in [6.07, 6.45) is 1.35. The molecule has 7 nitrogen and oxygen atoms in total. The van der Waals surface area contributed by atoms with Crippen LogP contribution in [0.25, 0.3) is 11.0 Å². The Hall–Kier alpha value is -2.74. The molecule has 3 rings (SSSR count). The fourth-order valence-corrected chi connectivity index (χ4v) is 2.48. The lowest BCUT2D eigenvalue weighted by Crippen LogP contribution is -2.42. The Morgan fingerprint density at radius 3 is 2.80 bits per heavy atom. The van der Waals surface area contributed by atoms with Crippen molar-refractivity contribution in [3.63, 3.8) is 0 Å². The van der Waals surface area contributed by atoms with Crippen molar-refractivity contribution < 1.29 is 18.1 Å². The molecule has 0 fully saturated rings. The zero-order valence-electron chi connectivity index (χ0n) is 14.5. The fraction of sp³-hybridized carbons (Fsp3) is 0.353. The van der Waals surface area contributed by atoms with E-state index in [2.05, 4.69) is 15.5 Å². The molecule has 0 aliphatic rings. The molecule has 0 unspecified atom stereocenters. The minimum atomic E-state index is -0.865. The van der Waals surface area contributed by atoms with Crippen molar-refractivity contribution in [3.8, 4) is 0 Å². The number of carbonyl (C=O) groups excluding carboxylic acids is 1. The van der Waals surface area contributed by atoms with Gasteiger partial charge in [0.15, 0.2) is 17.2 Å². The first-order valence-electron chi connectivity index (χ1n) is 7.74. The smallest absolute Gasteiger partial charge is 0.252 e. The SMILES string of the molecule is CN(C)Cc1nc(C(C)(C)NC(=O)c2ccc(F)c3occc23)no1. The highest BCUT2D eigenvalue weighted by atomic mass is 19.1. The standard InChI is InChI=1S/C17H19FN4O3/c1-17(2,16-19-13(25-21-16)9-22(3)4)20-15(23)11-5-6-12(18)14-10(11)7-8-24-14/h5-8H,9H2,1-4H3,(H,20,23). The number of benzene rings is 1. The summed E-state index contributed by atoms with van der Waals surface area (Å²) in [5.74, 6) is -0.0674. The van der Waals surface area contributed by atoms with Crippen LogP contribution in [0.1, 0.15) is 35.9 Å². The summed E-state index contributed by atoms with van der Waals surface area (Å²) in [5.41, 5.74) is -0.496. The maximum Gasteiger partial charge on any atom is 0.252 e. The van der Waals surface area contributed by atoms with E-state index in [0.717, 1.165) is 0 Å². The Balaban J connectivity index is 1.84. The molecule has 1 aromatic carbocycles. The normalized spacial score (nSPS) is 12.1. The Bertz CT molecular complexity index is 914. The van der Waals surface area contributed by atoms with Crippen LogP contribution in [0.4, 0.5) is 4.39 Å². The zero-order chi connectivity index (χ0) is 18.2. The second-order valence-electron chi connectivity index (χ2n) is 6.59. The van der Waals surface area contributed by atoms with Gasteiger partial charge in [0.25, 0.3) is 5.91 Å². The first-order chi connectivity index (χ1) is 11.8. The summed E-state index contributed by atoms with van der Waals surface area (Å²) in [4.78, 5) is 18.9. The number of rotatable bonds is 5. The number of fused-ring (bicyclic) bond motifs is 1. The number of nitrogens with one attached hydrogen (secondary N) is 1. The first-order valence-corrected chi connectivity index (χ1v) is 7.74. The van der Waals surface area contributed by atoms with Gasteiger partial charge >= 0.3 is 0 Å². The van der Waals surface area contributed by atoms with Crippen LogP contribution < -0.4 is 5.32 Å². The van der Waals surface area contributed by atoms with E-state index in [9.17, 15) is 9.18 Å². The van der Waals surface area contributed by atoms with Gasteiger partial charge in [0.05, 0.1) is 23.9 Å². The summed E-state index contributed by atoms with van der Waals surface area (Å²) in [6.45, 7) is 4.04. The number of amides is 1. The van der Waals surface area contributed by atoms with Crippen LogP contribution in [-0.2, 0) is 12.1 Å². The Labute approximate surface area is 143 Å².